The van der Waals surface area contributed by atoms with Crippen molar-refractivity contribution in [3.8, 4) is 0 Å². The summed E-state index contributed by atoms with van der Waals surface area (Å²) in [7, 11) is 0. The molecule has 2 aromatic carbocycles. The number of anilines is 2. The van der Waals surface area contributed by atoms with Crippen LogP contribution in [0.3, 0.4) is 0 Å². The molecular weight excluding hydrogens is 334 g/mol. The van der Waals surface area contributed by atoms with Crippen molar-refractivity contribution in [2.75, 3.05) is 10.2 Å². The highest BCUT2D eigenvalue weighted by molar-refractivity contribution is 6.31. The maximum absolute atomic E-state index is 13.0. The van der Waals surface area contributed by atoms with Crippen molar-refractivity contribution in [2.45, 2.75) is 13.1 Å². The Morgan fingerprint density at radius 1 is 1.12 bits per heavy atom. The van der Waals surface area contributed by atoms with E-state index in [1.165, 1.54) is 0 Å². The fraction of sp³-hybridized carbons (Fsp3) is 0.100. The van der Waals surface area contributed by atoms with E-state index in [2.05, 4.69) is 10.3 Å². The zero-order valence-electron chi connectivity index (χ0n) is 13.6. The highest BCUT2D eigenvalue weighted by Gasteiger charge is 2.37. The van der Waals surface area contributed by atoms with Crippen molar-refractivity contribution in [3.63, 3.8) is 0 Å². The van der Waals surface area contributed by atoms with Crippen LogP contribution in [0, 0.1) is 6.92 Å². The lowest BCUT2D eigenvalue weighted by atomic mass is 10.1. The molecule has 3 aromatic rings. The fourth-order valence-electron chi connectivity index (χ4n) is 3.06. The van der Waals surface area contributed by atoms with Crippen LogP contribution in [0.25, 0.3) is 0 Å². The summed E-state index contributed by atoms with van der Waals surface area (Å²) in [6.07, 6.45) is 3.08. The zero-order valence-corrected chi connectivity index (χ0v) is 14.4. The summed E-state index contributed by atoms with van der Waals surface area (Å²) < 4.78 is 0. The van der Waals surface area contributed by atoms with Crippen molar-refractivity contribution >= 4 is 28.9 Å². The molecule has 0 saturated carbocycles. The Kier molecular flexibility index (Phi) is 3.90. The van der Waals surface area contributed by atoms with E-state index in [1.807, 2.05) is 61.5 Å². The third kappa shape index (κ3) is 2.75. The van der Waals surface area contributed by atoms with Crippen LogP contribution < -0.4 is 10.2 Å². The number of hydrogen-bond donors (Lipinski definition) is 1. The van der Waals surface area contributed by atoms with E-state index < -0.39 is 0 Å². The van der Waals surface area contributed by atoms with Crippen LogP contribution in [0.4, 0.5) is 11.4 Å². The molecule has 0 radical (unpaired) electrons. The lowest BCUT2D eigenvalue weighted by molar-refractivity contribution is 0.0993. The number of amides is 1. The van der Waals surface area contributed by atoms with E-state index in [4.69, 9.17) is 11.6 Å². The number of benzene rings is 2. The molecule has 0 saturated heterocycles. The van der Waals surface area contributed by atoms with Crippen LogP contribution in [0.15, 0.2) is 67.0 Å². The quantitative estimate of drug-likeness (QED) is 0.737. The molecule has 0 spiro atoms. The first-order valence-electron chi connectivity index (χ1n) is 8.00. The molecule has 0 fully saturated rings. The minimum Gasteiger partial charge on any atom is -0.361 e. The molecule has 1 aliphatic heterocycles. The molecule has 0 bridgehead atoms. The molecule has 0 aliphatic carbocycles. The van der Waals surface area contributed by atoms with Crippen LogP contribution in [-0.4, -0.2) is 10.9 Å². The Labute approximate surface area is 151 Å². The predicted molar refractivity (Wildman–Crippen MR) is 100 cm³/mol. The minimum absolute atomic E-state index is 0.0423. The number of pyridine rings is 1. The SMILES string of the molecule is Cc1ccc(N[C@H]2c3ccccc3C(=O)N2c2cccnc2)cc1Cl. The van der Waals surface area contributed by atoms with Gasteiger partial charge in [0.1, 0.15) is 6.17 Å². The minimum atomic E-state index is -0.313. The Balaban J connectivity index is 1.78. The first kappa shape index (κ1) is 15.7. The van der Waals surface area contributed by atoms with E-state index in [1.54, 1.807) is 17.3 Å². The molecule has 2 heterocycles. The number of carbonyl (C=O) groups is 1. The maximum atomic E-state index is 13.0. The van der Waals surface area contributed by atoms with Gasteiger partial charge in [-0.2, -0.15) is 0 Å². The second kappa shape index (κ2) is 6.22. The Bertz CT molecular complexity index is 943. The summed E-state index contributed by atoms with van der Waals surface area (Å²) in [4.78, 5) is 18.8. The Morgan fingerprint density at radius 3 is 2.72 bits per heavy atom. The number of carbonyl (C=O) groups excluding carboxylic acids is 1. The van der Waals surface area contributed by atoms with Crippen molar-refractivity contribution in [3.05, 3.63) is 88.7 Å². The van der Waals surface area contributed by atoms with Gasteiger partial charge in [-0.05, 0) is 42.8 Å². The van der Waals surface area contributed by atoms with Crippen molar-refractivity contribution in [1.82, 2.24) is 4.98 Å². The highest BCUT2D eigenvalue weighted by Crippen LogP contribution is 2.38. The molecule has 0 unspecified atom stereocenters. The molecule has 1 amide bonds. The van der Waals surface area contributed by atoms with Crippen molar-refractivity contribution in [2.24, 2.45) is 0 Å². The van der Waals surface area contributed by atoms with Crippen LogP contribution >= 0.6 is 11.6 Å². The van der Waals surface area contributed by atoms with Gasteiger partial charge >= 0.3 is 0 Å². The Hall–Kier alpha value is -2.85. The topological polar surface area (TPSA) is 45.2 Å². The average Bonchev–Trinajstić information content (AvgIpc) is 2.91. The first-order valence-corrected chi connectivity index (χ1v) is 8.38. The number of aryl methyl sites for hydroxylation is 1. The second-order valence-electron chi connectivity index (χ2n) is 5.98. The number of hydrogen-bond acceptors (Lipinski definition) is 3. The van der Waals surface area contributed by atoms with Crippen LogP contribution in [-0.2, 0) is 0 Å². The smallest absolute Gasteiger partial charge is 0.260 e. The average molecular weight is 350 g/mol. The molecule has 4 rings (SSSR count). The largest absolute Gasteiger partial charge is 0.361 e. The van der Waals surface area contributed by atoms with Gasteiger partial charge in [0.2, 0.25) is 0 Å². The summed E-state index contributed by atoms with van der Waals surface area (Å²) in [5.41, 5.74) is 4.26. The van der Waals surface area contributed by atoms with Crippen molar-refractivity contribution in [1.29, 1.82) is 0 Å². The van der Waals surface area contributed by atoms with E-state index in [0.29, 0.717) is 10.6 Å². The number of aromatic nitrogens is 1. The van der Waals surface area contributed by atoms with Gasteiger partial charge in [0, 0.05) is 28.0 Å². The summed E-state index contributed by atoms with van der Waals surface area (Å²) in [6, 6.07) is 17.2. The number of nitrogens with zero attached hydrogens (tertiary/aromatic N) is 2. The third-order valence-corrected chi connectivity index (χ3v) is 4.77. The summed E-state index contributed by atoms with van der Waals surface area (Å²) in [5.74, 6) is -0.0423. The van der Waals surface area contributed by atoms with Crippen LogP contribution in [0.1, 0.15) is 27.7 Å². The van der Waals surface area contributed by atoms with Gasteiger partial charge in [0.05, 0.1) is 11.9 Å². The predicted octanol–water partition coefficient (Wildman–Crippen LogP) is 4.81. The van der Waals surface area contributed by atoms with Gasteiger partial charge in [-0.25, -0.2) is 0 Å². The molecular formula is C20H16ClN3O. The van der Waals surface area contributed by atoms with E-state index in [0.717, 1.165) is 22.5 Å². The molecule has 1 atom stereocenters. The van der Waals surface area contributed by atoms with Gasteiger partial charge < -0.3 is 5.32 Å². The number of nitrogens with one attached hydrogen (secondary N) is 1. The zero-order chi connectivity index (χ0) is 17.4. The first-order chi connectivity index (χ1) is 12.1. The lowest BCUT2D eigenvalue weighted by Crippen LogP contribution is -2.32. The van der Waals surface area contributed by atoms with E-state index >= 15 is 0 Å². The fourth-order valence-corrected chi connectivity index (χ4v) is 3.24. The Morgan fingerprint density at radius 2 is 1.96 bits per heavy atom. The highest BCUT2D eigenvalue weighted by atomic mass is 35.5. The van der Waals surface area contributed by atoms with Gasteiger partial charge in [-0.15, -0.1) is 0 Å². The van der Waals surface area contributed by atoms with Crippen LogP contribution in [0.5, 0.6) is 0 Å². The third-order valence-electron chi connectivity index (χ3n) is 4.36. The summed E-state index contributed by atoms with van der Waals surface area (Å²) in [6.45, 7) is 1.96. The van der Waals surface area contributed by atoms with Gasteiger partial charge in [0.15, 0.2) is 0 Å². The molecule has 1 N–H and O–H groups in total. The van der Waals surface area contributed by atoms with Crippen molar-refractivity contribution < 1.29 is 4.79 Å². The summed E-state index contributed by atoms with van der Waals surface area (Å²) >= 11 is 6.25. The van der Waals surface area contributed by atoms with Gasteiger partial charge in [-0.3, -0.25) is 14.7 Å². The standard InChI is InChI=1S/C20H16ClN3O/c1-13-8-9-14(11-18(13)21)23-19-16-6-2-3-7-17(16)20(25)24(19)15-5-4-10-22-12-15/h2-12,19,23H,1H3/t19-/m1/s1. The molecule has 1 aliphatic rings. The monoisotopic (exact) mass is 349 g/mol. The number of fused-ring (bicyclic) bond motifs is 1. The number of halogens is 1. The number of rotatable bonds is 3. The van der Waals surface area contributed by atoms with E-state index in [-0.39, 0.29) is 12.1 Å². The lowest BCUT2D eigenvalue weighted by Gasteiger charge is -2.27. The molecule has 5 heteroatoms. The van der Waals surface area contributed by atoms with Gasteiger partial charge in [0.25, 0.3) is 5.91 Å². The molecule has 4 nitrogen and oxygen atoms in total. The molecule has 124 valence electrons. The normalized spacial score (nSPS) is 16.0. The van der Waals surface area contributed by atoms with E-state index in [9.17, 15) is 4.79 Å². The molecule has 25 heavy (non-hydrogen) atoms. The maximum Gasteiger partial charge on any atom is 0.260 e. The second-order valence-corrected chi connectivity index (χ2v) is 6.39. The van der Waals surface area contributed by atoms with Crippen LogP contribution in [0.2, 0.25) is 5.02 Å². The van der Waals surface area contributed by atoms with Gasteiger partial charge in [-0.1, -0.05) is 35.9 Å². The molecule has 1 aromatic heterocycles. The summed E-state index contributed by atoms with van der Waals surface area (Å²) in [5, 5.41) is 4.13.